The molecule has 1 N–H and O–H groups in total. The molecule has 4 atom stereocenters. The van der Waals surface area contributed by atoms with E-state index >= 15 is 0 Å². The van der Waals surface area contributed by atoms with Crippen molar-refractivity contribution in [3.8, 4) is 10.4 Å². The smallest absolute Gasteiger partial charge is 0.274 e. The standard InChI is InChI=1S/C29H30N4O3S/c1-16-7-6-8-19(11-16)27-26(31-18(3)37-27)29(35)33-15-20-12-17(2)13-22(20)23(33)14-30-28(34)25-21-9-4-5-10-24(21)36-32-25/h4-11,17,20,22-23H,12-15H2,1-3H3,(H,30,34)/t17?,20-,22-,23+/m0/s1. The Balaban J connectivity index is 1.27. The molecule has 2 fully saturated rings. The maximum absolute atomic E-state index is 14.0. The first kappa shape index (κ1) is 23.9. The number of aromatic nitrogens is 2. The van der Waals surface area contributed by atoms with Crippen LogP contribution in [0.4, 0.5) is 0 Å². The van der Waals surface area contributed by atoms with Crippen molar-refractivity contribution in [3.05, 3.63) is 70.5 Å². The van der Waals surface area contributed by atoms with Gasteiger partial charge in [-0.1, -0.05) is 54.0 Å². The van der Waals surface area contributed by atoms with Gasteiger partial charge in [0.25, 0.3) is 11.8 Å². The van der Waals surface area contributed by atoms with E-state index in [0.717, 1.165) is 33.9 Å². The summed E-state index contributed by atoms with van der Waals surface area (Å²) in [5.41, 5.74) is 3.54. The fourth-order valence-electron chi connectivity index (χ4n) is 6.26. The van der Waals surface area contributed by atoms with Gasteiger partial charge in [0.1, 0.15) is 5.69 Å². The van der Waals surface area contributed by atoms with Gasteiger partial charge in [-0.25, -0.2) is 4.98 Å². The van der Waals surface area contributed by atoms with Crippen molar-refractivity contribution < 1.29 is 14.1 Å². The van der Waals surface area contributed by atoms with Crippen molar-refractivity contribution in [3.63, 3.8) is 0 Å². The maximum atomic E-state index is 14.0. The molecule has 0 bridgehead atoms. The van der Waals surface area contributed by atoms with E-state index in [1.165, 1.54) is 0 Å². The zero-order valence-corrected chi connectivity index (χ0v) is 22.0. The molecule has 1 saturated carbocycles. The lowest BCUT2D eigenvalue weighted by molar-refractivity contribution is 0.0692. The molecule has 2 amide bonds. The highest BCUT2D eigenvalue weighted by atomic mass is 32.1. The summed E-state index contributed by atoms with van der Waals surface area (Å²) >= 11 is 1.56. The van der Waals surface area contributed by atoms with E-state index in [1.807, 2.05) is 42.2 Å². The molecule has 4 aromatic rings. The van der Waals surface area contributed by atoms with E-state index in [0.29, 0.717) is 47.5 Å². The van der Waals surface area contributed by atoms with Crippen LogP contribution < -0.4 is 5.32 Å². The predicted molar refractivity (Wildman–Crippen MR) is 144 cm³/mol. The highest BCUT2D eigenvalue weighted by molar-refractivity contribution is 7.15. The van der Waals surface area contributed by atoms with Gasteiger partial charge in [-0.3, -0.25) is 9.59 Å². The number of carbonyl (C=O) groups excluding carboxylic acids is 2. The minimum Gasteiger partial charge on any atom is -0.355 e. The Hall–Kier alpha value is -3.52. The molecule has 2 aromatic carbocycles. The summed E-state index contributed by atoms with van der Waals surface area (Å²) in [6.45, 7) is 7.36. The van der Waals surface area contributed by atoms with Crippen molar-refractivity contribution in [1.82, 2.24) is 20.4 Å². The van der Waals surface area contributed by atoms with Crippen molar-refractivity contribution >= 4 is 34.1 Å². The number of hydrogen-bond acceptors (Lipinski definition) is 6. The summed E-state index contributed by atoms with van der Waals surface area (Å²) in [4.78, 5) is 34.7. The Bertz CT molecular complexity index is 1490. The van der Waals surface area contributed by atoms with Crippen LogP contribution in [0.25, 0.3) is 21.4 Å². The van der Waals surface area contributed by atoms with Gasteiger partial charge in [0.2, 0.25) is 0 Å². The number of fused-ring (bicyclic) bond motifs is 2. The van der Waals surface area contributed by atoms with E-state index in [1.54, 1.807) is 17.4 Å². The number of benzene rings is 2. The second-order valence-electron chi connectivity index (χ2n) is 10.5. The number of nitrogens with zero attached hydrogens (tertiary/aromatic N) is 3. The quantitative estimate of drug-likeness (QED) is 0.381. The minimum absolute atomic E-state index is 0.0472. The summed E-state index contributed by atoms with van der Waals surface area (Å²) in [5.74, 6) is 1.09. The summed E-state index contributed by atoms with van der Waals surface area (Å²) in [5, 5.41) is 8.63. The lowest BCUT2D eigenvalue weighted by Crippen LogP contribution is -2.46. The normalized spacial score (nSPS) is 22.9. The molecule has 1 unspecified atom stereocenters. The second-order valence-corrected chi connectivity index (χ2v) is 11.7. The van der Waals surface area contributed by atoms with E-state index in [2.05, 4.69) is 36.5 Å². The van der Waals surface area contributed by atoms with Crippen LogP contribution in [0.15, 0.2) is 53.1 Å². The summed E-state index contributed by atoms with van der Waals surface area (Å²) in [6.07, 6.45) is 2.16. The third-order valence-corrected chi connectivity index (χ3v) is 8.87. The number of amides is 2. The average molecular weight is 515 g/mol. The van der Waals surface area contributed by atoms with Crippen LogP contribution in [0.3, 0.4) is 0 Å². The summed E-state index contributed by atoms with van der Waals surface area (Å²) in [7, 11) is 0. The van der Waals surface area contributed by atoms with Crippen LogP contribution in [-0.2, 0) is 0 Å². The van der Waals surface area contributed by atoms with Gasteiger partial charge >= 0.3 is 0 Å². The lowest BCUT2D eigenvalue weighted by Gasteiger charge is -2.28. The zero-order chi connectivity index (χ0) is 25.7. The molecule has 8 heteroatoms. The van der Waals surface area contributed by atoms with Crippen molar-refractivity contribution in [1.29, 1.82) is 0 Å². The largest absolute Gasteiger partial charge is 0.355 e. The molecule has 0 spiro atoms. The van der Waals surface area contributed by atoms with Gasteiger partial charge < -0.3 is 14.7 Å². The Morgan fingerprint density at radius 1 is 1.11 bits per heavy atom. The number of para-hydroxylation sites is 1. The third kappa shape index (κ3) is 4.33. The van der Waals surface area contributed by atoms with Gasteiger partial charge in [0.15, 0.2) is 11.3 Å². The first-order valence-electron chi connectivity index (χ1n) is 12.9. The minimum atomic E-state index is -0.281. The molecule has 1 saturated heterocycles. The van der Waals surface area contributed by atoms with E-state index in [-0.39, 0.29) is 23.6 Å². The monoisotopic (exact) mass is 514 g/mol. The molecule has 3 heterocycles. The van der Waals surface area contributed by atoms with Crippen LogP contribution in [0, 0.1) is 31.6 Å². The first-order valence-corrected chi connectivity index (χ1v) is 13.7. The molecule has 1 aliphatic heterocycles. The van der Waals surface area contributed by atoms with Crippen LogP contribution in [-0.4, -0.2) is 46.0 Å². The Kier molecular flexibility index (Phi) is 6.07. The molecular formula is C29H30N4O3S. The summed E-state index contributed by atoms with van der Waals surface area (Å²) in [6, 6.07) is 15.5. The molecular weight excluding hydrogens is 484 g/mol. The van der Waals surface area contributed by atoms with Crippen LogP contribution in [0.5, 0.6) is 0 Å². The molecule has 7 nitrogen and oxygen atoms in total. The SMILES string of the molecule is Cc1cccc(-c2sc(C)nc2C(=O)N2C[C@@H]3CC(C)C[C@@H]3[C@H]2CNC(=O)c2noc3ccccc23)c1. The maximum Gasteiger partial charge on any atom is 0.274 e. The van der Waals surface area contributed by atoms with Crippen molar-refractivity contribution in [2.24, 2.45) is 17.8 Å². The molecule has 190 valence electrons. The fourth-order valence-corrected chi connectivity index (χ4v) is 7.17. The first-order chi connectivity index (χ1) is 17.9. The fraction of sp³-hybridized carbons (Fsp3) is 0.379. The highest BCUT2D eigenvalue weighted by Crippen LogP contribution is 2.46. The Labute approximate surface area is 219 Å². The van der Waals surface area contributed by atoms with E-state index in [9.17, 15) is 9.59 Å². The number of carbonyl (C=O) groups is 2. The number of aryl methyl sites for hydroxylation is 2. The van der Waals surface area contributed by atoms with Crippen molar-refractivity contribution in [2.45, 2.75) is 39.7 Å². The van der Waals surface area contributed by atoms with E-state index < -0.39 is 0 Å². The van der Waals surface area contributed by atoms with Gasteiger partial charge in [-0.2, -0.15) is 0 Å². The summed E-state index contributed by atoms with van der Waals surface area (Å²) < 4.78 is 5.33. The Morgan fingerprint density at radius 3 is 2.78 bits per heavy atom. The predicted octanol–water partition coefficient (Wildman–Crippen LogP) is 5.48. The van der Waals surface area contributed by atoms with Crippen LogP contribution in [0.2, 0.25) is 0 Å². The second kappa shape index (κ2) is 9.41. The average Bonchev–Trinajstić information content (AvgIpc) is 3.64. The highest BCUT2D eigenvalue weighted by Gasteiger charge is 2.48. The third-order valence-electron chi connectivity index (χ3n) is 7.85. The number of rotatable bonds is 5. The number of hydrogen-bond donors (Lipinski definition) is 1. The number of thiazole rings is 1. The molecule has 0 radical (unpaired) electrons. The molecule has 37 heavy (non-hydrogen) atoms. The van der Waals surface area contributed by atoms with E-state index in [4.69, 9.17) is 9.51 Å². The van der Waals surface area contributed by atoms with Crippen LogP contribution >= 0.6 is 11.3 Å². The zero-order valence-electron chi connectivity index (χ0n) is 21.2. The van der Waals surface area contributed by atoms with Gasteiger partial charge in [0, 0.05) is 13.1 Å². The van der Waals surface area contributed by atoms with Crippen molar-refractivity contribution in [2.75, 3.05) is 13.1 Å². The van der Waals surface area contributed by atoms with Gasteiger partial charge in [0.05, 0.1) is 21.3 Å². The van der Waals surface area contributed by atoms with Gasteiger partial charge in [-0.05, 0) is 62.1 Å². The number of likely N-dealkylation sites (tertiary alicyclic amines) is 1. The van der Waals surface area contributed by atoms with Crippen LogP contribution in [0.1, 0.15) is 51.3 Å². The molecule has 6 rings (SSSR count). The van der Waals surface area contributed by atoms with Gasteiger partial charge in [-0.15, -0.1) is 11.3 Å². The molecule has 1 aliphatic carbocycles. The molecule has 2 aliphatic rings. The number of nitrogens with one attached hydrogen (secondary N) is 1. The lowest BCUT2D eigenvalue weighted by atomic mass is 9.93. The molecule has 2 aromatic heterocycles. The Morgan fingerprint density at radius 2 is 1.95 bits per heavy atom. The topological polar surface area (TPSA) is 88.3 Å².